The van der Waals surface area contributed by atoms with Crippen molar-refractivity contribution in [1.82, 2.24) is 14.9 Å². The van der Waals surface area contributed by atoms with E-state index in [1.807, 2.05) is 36.9 Å². The van der Waals surface area contributed by atoms with Gasteiger partial charge in [-0.25, -0.2) is 4.98 Å². The van der Waals surface area contributed by atoms with Gasteiger partial charge in [0.15, 0.2) is 0 Å². The molecule has 0 saturated carbocycles. The third-order valence-corrected chi connectivity index (χ3v) is 2.58. The maximum Gasteiger partial charge on any atom is 0.123 e. The SMILES string of the molecule is CNCc1nc2cccc(Cl)c2n1C. The summed E-state index contributed by atoms with van der Waals surface area (Å²) in [7, 11) is 3.88. The summed E-state index contributed by atoms with van der Waals surface area (Å²) in [6, 6.07) is 5.77. The molecule has 0 bridgehead atoms. The van der Waals surface area contributed by atoms with E-state index in [0.717, 1.165) is 28.4 Å². The quantitative estimate of drug-likeness (QED) is 0.820. The Labute approximate surface area is 87.7 Å². The Kier molecular flexibility index (Phi) is 2.44. The van der Waals surface area contributed by atoms with Crippen LogP contribution in [-0.4, -0.2) is 16.6 Å². The highest BCUT2D eigenvalue weighted by atomic mass is 35.5. The van der Waals surface area contributed by atoms with Gasteiger partial charge >= 0.3 is 0 Å². The Morgan fingerprint density at radius 3 is 2.93 bits per heavy atom. The average molecular weight is 210 g/mol. The maximum absolute atomic E-state index is 6.09. The molecule has 74 valence electrons. The lowest BCUT2D eigenvalue weighted by Gasteiger charge is -2.01. The largest absolute Gasteiger partial charge is 0.329 e. The summed E-state index contributed by atoms with van der Waals surface area (Å²) in [5, 5.41) is 3.83. The van der Waals surface area contributed by atoms with Gasteiger partial charge in [-0.3, -0.25) is 0 Å². The zero-order chi connectivity index (χ0) is 10.1. The number of fused-ring (bicyclic) bond motifs is 1. The lowest BCUT2D eigenvalue weighted by molar-refractivity contribution is 0.719. The first kappa shape index (κ1) is 9.49. The molecule has 0 fully saturated rings. The van der Waals surface area contributed by atoms with Crippen molar-refractivity contribution in [3.8, 4) is 0 Å². The summed E-state index contributed by atoms with van der Waals surface area (Å²) in [4.78, 5) is 4.48. The molecule has 0 atom stereocenters. The molecule has 0 aliphatic rings. The predicted octanol–water partition coefficient (Wildman–Crippen LogP) is 1.95. The van der Waals surface area contributed by atoms with Crippen LogP contribution in [0.2, 0.25) is 5.02 Å². The fourth-order valence-corrected chi connectivity index (χ4v) is 1.88. The van der Waals surface area contributed by atoms with Crippen molar-refractivity contribution in [1.29, 1.82) is 0 Å². The van der Waals surface area contributed by atoms with E-state index in [4.69, 9.17) is 11.6 Å². The second-order valence-corrected chi connectivity index (χ2v) is 3.63. The van der Waals surface area contributed by atoms with Gasteiger partial charge in [-0.2, -0.15) is 0 Å². The number of hydrogen-bond donors (Lipinski definition) is 1. The molecule has 0 spiro atoms. The molecular formula is C10H12ClN3. The molecule has 0 aliphatic heterocycles. The minimum absolute atomic E-state index is 0.750. The fourth-order valence-electron chi connectivity index (χ4n) is 1.59. The van der Waals surface area contributed by atoms with E-state index >= 15 is 0 Å². The van der Waals surface area contributed by atoms with E-state index in [1.54, 1.807) is 0 Å². The molecule has 2 aromatic rings. The number of imidazole rings is 1. The van der Waals surface area contributed by atoms with Gasteiger partial charge in [0.1, 0.15) is 5.82 Å². The number of aromatic nitrogens is 2. The van der Waals surface area contributed by atoms with Crippen LogP contribution in [0.25, 0.3) is 11.0 Å². The maximum atomic E-state index is 6.09. The van der Waals surface area contributed by atoms with Crippen molar-refractivity contribution in [2.45, 2.75) is 6.54 Å². The molecule has 2 rings (SSSR count). The average Bonchev–Trinajstić information content (AvgIpc) is 2.46. The smallest absolute Gasteiger partial charge is 0.123 e. The Morgan fingerprint density at radius 2 is 2.29 bits per heavy atom. The number of rotatable bonds is 2. The zero-order valence-corrected chi connectivity index (χ0v) is 8.97. The highest BCUT2D eigenvalue weighted by molar-refractivity contribution is 6.34. The van der Waals surface area contributed by atoms with E-state index in [9.17, 15) is 0 Å². The van der Waals surface area contributed by atoms with Crippen LogP contribution in [0.5, 0.6) is 0 Å². The minimum Gasteiger partial charge on any atom is -0.329 e. The topological polar surface area (TPSA) is 29.9 Å². The molecule has 0 unspecified atom stereocenters. The predicted molar refractivity (Wildman–Crippen MR) is 58.5 cm³/mol. The molecular weight excluding hydrogens is 198 g/mol. The van der Waals surface area contributed by atoms with Gasteiger partial charge in [0.2, 0.25) is 0 Å². The number of nitrogens with one attached hydrogen (secondary N) is 1. The number of nitrogens with zero attached hydrogens (tertiary/aromatic N) is 2. The van der Waals surface area contributed by atoms with Crippen LogP contribution in [0, 0.1) is 0 Å². The first-order valence-corrected chi connectivity index (χ1v) is 4.86. The van der Waals surface area contributed by atoms with Gasteiger partial charge in [0, 0.05) is 7.05 Å². The first-order chi connectivity index (χ1) is 6.74. The molecule has 1 N–H and O–H groups in total. The summed E-state index contributed by atoms with van der Waals surface area (Å²) in [5.74, 6) is 0.996. The van der Waals surface area contributed by atoms with Crippen LogP contribution in [-0.2, 0) is 13.6 Å². The zero-order valence-electron chi connectivity index (χ0n) is 8.21. The van der Waals surface area contributed by atoms with Gasteiger partial charge in [0.25, 0.3) is 0 Å². The Bertz CT molecular complexity index is 462. The molecule has 14 heavy (non-hydrogen) atoms. The van der Waals surface area contributed by atoms with E-state index in [-0.39, 0.29) is 0 Å². The van der Waals surface area contributed by atoms with E-state index in [1.165, 1.54) is 0 Å². The van der Waals surface area contributed by atoms with Crippen LogP contribution in [0.4, 0.5) is 0 Å². The van der Waals surface area contributed by atoms with E-state index in [2.05, 4.69) is 10.3 Å². The highest BCUT2D eigenvalue weighted by Gasteiger charge is 2.08. The van der Waals surface area contributed by atoms with Crippen molar-refractivity contribution < 1.29 is 0 Å². The van der Waals surface area contributed by atoms with Gasteiger partial charge in [-0.1, -0.05) is 17.7 Å². The molecule has 1 aromatic heterocycles. The Morgan fingerprint density at radius 1 is 1.50 bits per heavy atom. The second kappa shape index (κ2) is 3.59. The van der Waals surface area contributed by atoms with Crippen LogP contribution in [0.1, 0.15) is 5.82 Å². The van der Waals surface area contributed by atoms with Crippen molar-refractivity contribution in [2.75, 3.05) is 7.05 Å². The lowest BCUT2D eigenvalue weighted by atomic mass is 10.3. The molecule has 3 nitrogen and oxygen atoms in total. The summed E-state index contributed by atoms with van der Waals surface area (Å²) >= 11 is 6.09. The molecule has 0 radical (unpaired) electrons. The monoisotopic (exact) mass is 209 g/mol. The van der Waals surface area contributed by atoms with Gasteiger partial charge in [-0.05, 0) is 19.2 Å². The number of aryl methyl sites for hydroxylation is 1. The second-order valence-electron chi connectivity index (χ2n) is 3.22. The highest BCUT2D eigenvalue weighted by Crippen LogP contribution is 2.23. The number of hydrogen-bond acceptors (Lipinski definition) is 2. The van der Waals surface area contributed by atoms with Crippen LogP contribution in [0.15, 0.2) is 18.2 Å². The molecule has 4 heteroatoms. The van der Waals surface area contributed by atoms with Crippen molar-refractivity contribution in [3.05, 3.63) is 29.0 Å². The van der Waals surface area contributed by atoms with Crippen LogP contribution in [0.3, 0.4) is 0 Å². The van der Waals surface area contributed by atoms with Crippen molar-refractivity contribution in [2.24, 2.45) is 7.05 Å². The third-order valence-electron chi connectivity index (χ3n) is 2.27. The number of benzene rings is 1. The fraction of sp³-hybridized carbons (Fsp3) is 0.300. The van der Waals surface area contributed by atoms with Crippen molar-refractivity contribution >= 4 is 22.6 Å². The third kappa shape index (κ3) is 1.38. The molecule has 0 amide bonds. The standard InChI is InChI=1S/C10H12ClN3/c1-12-6-9-13-8-5-3-4-7(11)10(8)14(9)2/h3-5,12H,6H2,1-2H3. The first-order valence-electron chi connectivity index (χ1n) is 4.48. The summed E-state index contributed by atoms with van der Waals surface area (Å²) < 4.78 is 2.02. The Hall–Kier alpha value is -1.06. The number of para-hydroxylation sites is 1. The van der Waals surface area contributed by atoms with Crippen LogP contribution < -0.4 is 5.32 Å². The van der Waals surface area contributed by atoms with E-state index < -0.39 is 0 Å². The Balaban J connectivity index is 2.68. The minimum atomic E-state index is 0.750. The van der Waals surface area contributed by atoms with Gasteiger partial charge in [0.05, 0.1) is 22.6 Å². The number of halogens is 1. The van der Waals surface area contributed by atoms with Crippen LogP contribution >= 0.6 is 11.6 Å². The molecule has 0 aliphatic carbocycles. The molecule has 1 aromatic carbocycles. The van der Waals surface area contributed by atoms with Crippen molar-refractivity contribution in [3.63, 3.8) is 0 Å². The molecule has 0 saturated heterocycles. The van der Waals surface area contributed by atoms with E-state index in [0.29, 0.717) is 0 Å². The summed E-state index contributed by atoms with van der Waals surface area (Å²) in [5.41, 5.74) is 1.95. The van der Waals surface area contributed by atoms with Gasteiger partial charge in [-0.15, -0.1) is 0 Å². The normalized spacial score (nSPS) is 11.1. The summed E-state index contributed by atoms with van der Waals surface area (Å²) in [6.07, 6.45) is 0. The lowest BCUT2D eigenvalue weighted by Crippen LogP contribution is -2.10. The molecule has 1 heterocycles. The summed E-state index contributed by atoms with van der Waals surface area (Å²) in [6.45, 7) is 0.751. The van der Waals surface area contributed by atoms with Gasteiger partial charge < -0.3 is 9.88 Å².